The number of nitrogens with zero attached hydrogens (tertiary/aromatic N) is 3. The van der Waals surface area contributed by atoms with E-state index in [1.54, 1.807) is 4.90 Å². The van der Waals surface area contributed by atoms with Crippen LogP contribution in [0.15, 0.2) is 10.6 Å². The molecule has 1 saturated heterocycles. The highest BCUT2D eigenvalue weighted by atomic mass is 35.5. The van der Waals surface area contributed by atoms with Crippen LogP contribution in [0.5, 0.6) is 0 Å². The number of nitrogens with two attached hydrogens (primary N) is 1. The smallest absolute Gasteiger partial charge is 0.259 e. The van der Waals surface area contributed by atoms with Gasteiger partial charge in [0.05, 0.1) is 16.6 Å². The molecule has 1 aliphatic rings. The van der Waals surface area contributed by atoms with E-state index in [1.165, 1.54) is 0 Å². The van der Waals surface area contributed by atoms with Crippen LogP contribution < -0.4 is 5.73 Å². The maximum absolute atomic E-state index is 12.8. The Bertz CT molecular complexity index is 698. The highest BCUT2D eigenvalue weighted by Crippen LogP contribution is 2.27. The first-order chi connectivity index (χ1) is 9.97. The molecule has 0 saturated carbocycles. The summed E-state index contributed by atoms with van der Waals surface area (Å²) in [6.07, 6.45) is 0.847. The first-order valence-corrected chi connectivity index (χ1v) is 7.29. The SMILES string of the molecule is Cc1noc2nc(C(C)C)cc(C(=O)N3CC[C@@H](N)C3)c12.Cl. The van der Waals surface area contributed by atoms with E-state index in [2.05, 4.69) is 10.1 Å². The number of hydrogen-bond acceptors (Lipinski definition) is 5. The fourth-order valence-corrected chi connectivity index (χ4v) is 2.72. The van der Waals surface area contributed by atoms with Crippen molar-refractivity contribution in [1.82, 2.24) is 15.0 Å². The van der Waals surface area contributed by atoms with Crippen molar-refractivity contribution in [3.05, 3.63) is 23.0 Å². The lowest BCUT2D eigenvalue weighted by atomic mass is 10.0. The van der Waals surface area contributed by atoms with Crippen molar-refractivity contribution < 1.29 is 9.32 Å². The van der Waals surface area contributed by atoms with Gasteiger partial charge in [0.2, 0.25) is 0 Å². The zero-order valence-electron chi connectivity index (χ0n) is 13.0. The molecule has 0 unspecified atom stereocenters. The van der Waals surface area contributed by atoms with Gasteiger partial charge in [-0.25, -0.2) is 4.98 Å². The molecule has 1 atom stereocenters. The van der Waals surface area contributed by atoms with E-state index in [4.69, 9.17) is 10.3 Å². The average Bonchev–Trinajstić information content (AvgIpc) is 3.04. The van der Waals surface area contributed by atoms with E-state index in [1.807, 2.05) is 26.8 Å². The number of rotatable bonds is 2. The summed E-state index contributed by atoms with van der Waals surface area (Å²) in [5.41, 5.74) is 8.49. The van der Waals surface area contributed by atoms with Gasteiger partial charge in [0.25, 0.3) is 11.6 Å². The van der Waals surface area contributed by atoms with E-state index in [0.717, 1.165) is 12.1 Å². The fourth-order valence-electron chi connectivity index (χ4n) is 2.72. The highest BCUT2D eigenvalue weighted by molar-refractivity contribution is 6.06. The number of carbonyl (C=O) groups excluding carboxylic acids is 1. The second-order valence-electron chi connectivity index (χ2n) is 6.00. The number of aryl methyl sites for hydroxylation is 1. The van der Waals surface area contributed by atoms with Crippen molar-refractivity contribution in [3.63, 3.8) is 0 Å². The zero-order chi connectivity index (χ0) is 15.1. The van der Waals surface area contributed by atoms with Crippen LogP contribution in [-0.2, 0) is 0 Å². The van der Waals surface area contributed by atoms with Gasteiger partial charge in [-0.2, -0.15) is 0 Å². The number of fused-ring (bicyclic) bond motifs is 1. The van der Waals surface area contributed by atoms with Crippen LogP contribution in [0.25, 0.3) is 11.1 Å². The van der Waals surface area contributed by atoms with Crippen LogP contribution in [0.3, 0.4) is 0 Å². The van der Waals surface area contributed by atoms with Crippen LogP contribution in [-0.4, -0.2) is 40.1 Å². The predicted octanol–water partition coefficient (Wildman–Crippen LogP) is 2.25. The molecular weight excluding hydrogens is 304 g/mol. The zero-order valence-corrected chi connectivity index (χ0v) is 13.8. The molecule has 22 heavy (non-hydrogen) atoms. The van der Waals surface area contributed by atoms with Crippen LogP contribution in [0.4, 0.5) is 0 Å². The van der Waals surface area contributed by atoms with Gasteiger partial charge in [-0.05, 0) is 25.3 Å². The van der Waals surface area contributed by atoms with E-state index in [0.29, 0.717) is 35.4 Å². The second kappa shape index (κ2) is 6.22. The molecule has 3 rings (SSSR count). The largest absolute Gasteiger partial charge is 0.337 e. The van der Waals surface area contributed by atoms with Gasteiger partial charge in [0.1, 0.15) is 0 Å². The molecule has 0 aromatic carbocycles. The van der Waals surface area contributed by atoms with Crippen molar-refractivity contribution in [2.45, 2.75) is 39.2 Å². The van der Waals surface area contributed by atoms with E-state index < -0.39 is 0 Å². The number of likely N-dealkylation sites (tertiary alicyclic amines) is 1. The van der Waals surface area contributed by atoms with Gasteiger partial charge in [-0.3, -0.25) is 4.79 Å². The van der Waals surface area contributed by atoms with E-state index in [-0.39, 0.29) is 30.3 Å². The molecule has 0 spiro atoms. The van der Waals surface area contributed by atoms with Gasteiger partial charge >= 0.3 is 0 Å². The number of aromatic nitrogens is 2. The maximum Gasteiger partial charge on any atom is 0.259 e. The van der Waals surface area contributed by atoms with Gasteiger partial charge in [0.15, 0.2) is 0 Å². The van der Waals surface area contributed by atoms with Crippen LogP contribution >= 0.6 is 12.4 Å². The first-order valence-electron chi connectivity index (χ1n) is 7.29. The molecule has 0 aliphatic carbocycles. The minimum absolute atomic E-state index is 0. The minimum Gasteiger partial charge on any atom is -0.337 e. The van der Waals surface area contributed by atoms with Gasteiger partial charge in [-0.15, -0.1) is 12.4 Å². The van der Waals surface area contributed by atoms with Gasteiger partial charge < -0.3 is 15.2 Å². The predicted molar refractivity (Wildman–Crippen MR) is 86.4 cm³/mol. The summed E-state index contributed by atoms with van der Waals surface area (Å²) in [7, 11) is 0. The summed E-state index contributed by atoms with van der Waals surface area (Å²) in [4.78, 5) is 19.1. The lowest BCUT2D eigenvalue weighted by Gasteiger charge is -2.17. The Morgan fingerprint density at radius 2 is 2.23 bits per heavy atom. The van der Waals surface area contributed by atoms with E-state index in [9.17, 15) is 4.79 Å². The third-order valence-electron chi connectivity index (χ3n) is 3.97. The molecule has 6 nitrogen and oxygen atoms in total. The van der Waals surface area contributed by atoms with Crippen molar-refractivity contribution in [3.8, 4) is 0 Å². The molecule has 2 aromatic heterocycles. The Morgan fingerprint density at radius 3 is 2.82 bits per heavy atom. The Labute approximate surface area is 135 Å². The fraction of sp³-hybridized carbons (Fsp3) is 0.533. The van der Waals surface area contributed by atoms with Crippen molar-refractivity contribution >= 4 is 29.4 Å². The van der Waals surface area contributed by atoms with Crippen LogP contribution in [0.1, 0.15) is 47.9 Å². The standard InChI is InChI=1S/C15H20N4O2.ClH/c1-8(2)12-6-11(13-9(3)18-21-14(13)17-12)15(20)19-5-4-10(16)7-19;/h6,8,10H,4-5,7,16H2,1-3H3;1H/t10-;/m1./s1. The summed E-state index contributed by atoms with van der Waals surface area (Å²) in [5.74, 6) is 0.204. The molecule has 7 heteroatoms. The number of halogens is 1. The van der Waals surface area contributed by atoms with E-state index >= 15 is 0 Å². The molecule has 1 amide bonds. The highest BCUT2D eigenvalue weighted by Gasteiger charge is 2.28. The third kappa shape index (κ3) is 2.80. The lowest BCUT2D eigenvalue weighted by molar-refractivity contribution is 0.0792. The summed E-state index contributed by atoms with van der Waals surface area (Å²) < 4.78 is 5.26. The number of carbonyl (C=O) groups is 1. The van der Waals surface area contributed by atoms with Crippen LogP contribution in [0.2, 0.25) is 0 Å². The summed E-state index contributed by atoms with van der Waals surface area (Å²) >= 11 is 0. The van der Waals surface area contributed by atoms with Crippen LogP contribution in [0, 0.1) is 6.92 Å². The lowest BCUT2D eigenvalue weighted by Crippen LogP contribution is -2.32. The van der Waals surface area contributed by atoms with Gasteiger partial charge in [0, 0.05) is 24.8 Å². The van der Waals surface area contributed by atoms with Crippen molar-refractivity contribution in [1.29, 1.82) is 0 Å². The van der Waals surface area contributed by atoms with Gasteiger partial charge in [-0.1, -0.05) is 19.0 Å². The van der Waals surface area contributed by atoms with Crippen molar-refractivity contribution in [2.24, 2.45) is 5.73 Å². The quantitative estimate of drug-likeness (QED) is 0.915. The molecule has 3 heterocycles. The number of amides is 1. The Hall–Kier alpha value is -1.66. The second-order valence-corrected chi connectivity index (χ2v) is 6.00. The molecule has 1 aliphatic heterocycles. The number of hydrogen-bond donors (Lipinski definition) is 1. The molecule has 1 fully saturated rings. The maximum atomic E-state index is 12.8. The summed E-state index contributed by atoms with van der Waals surface area (Å²) in [6, 6.07) is 1.93. The monoisotopic (exact) mass is 324 g/mol. The first kappa shape index (κ1) is 16.7. The third-order valence-corrected chi connectivity index (χ3v) is 3.97. The summed E-state index contributed by atoms with van der Waals surface area (Å²) in [5, 5.41) is 4.66. The summed E-state index contributed by atoms with van der Waals surface area (Å²) in [6.45, 7) is 7.21. The molecule has 0 radical (unpaired) electrons. The Balaban J connectivity index is 0.00000176. The number of pyridine rings is 1. The molecule has 2 N–H and O–H groups in total. The topological polar surface area (TPSA) is 85.2 Å². The molecule has 0 bridgehead atoms. The molecule has 120 valence electrons. The average molecular weight is 325 g/mol. The Morgan fingerprint density at radius 1 is 1.50 bits per heavy atom. The van der Waals surface area contributed by atoms with Crippen molar-refractivity contribution in [2.75, 3.05) is 13.1 Å². The Kier molecular flexibility index (Phi) is 4.72. The molecule has 2 aromatic rings. The minimum atomic E-state index is -0.0106. The molecular formula is C15H21ClN4O2. The normalized spacial score (nSPS) is 18.0.